The lowest BCUT2D eigenvalue weighted by atomic mass is 10.0. The maximum Gasteiger partial charge on any atom is 0.263 e. The molecule has 0 spiro atoms. The number of hydrogen-bond donors (Lipinski definition) is 1. The van der Waals surface area contributed by atoms with Crippen molar-refractivity contribution in [3.63, 3.8) is 0 Å². The summed E-state index contributed by atoms with van der Waals surface area (Å²) in [6.07, 6.45) is 4.33. The van der Waals surface area contributed by atoms with Gasteiger partial charge in [-0.3, -0.25) is 4.79 Å². The first kappa shape index (κ1) is 19.4. The highest BCUT2D eigenvalue weighted by atomic mass is 35.5. The molecule has 1 unspecified atom stereocenters. The summed E-state index contributed by atoms with van der Waals surface area (Å²) >= 11 is 5.95. The molecule has 1 aromatic rings. The molecule has 0 aromatic heterocycles. The number of nitrogens with one attached hydrogen (secondary N) is 1. The molecule has 3 rings (SSSR count). The lowest BCUT2D eigenvalue weighted by Gasteiger charge is -2.34. The number of piperidine rings is 1. The Balaban J connectivity index is 0.00000208. The summed E-state index contributed by atoms with van der Waals surface area (Å²) in [6.45, 7) is 4.57. The van der Waals surface area contributed by atoms with Crippen LogP contribution in [-0.2, 0) is 4.79 Å². The Kier molecular flexibility index (Phi) is 7.20. The van der Waals surface area contributed by atoms with E-state index in [1.54, 1.807) is 19.1 Å². The van der Waals surface area contributed by atoms with Crippen LogP contribution in [-0.4, -0.2) is 42.6 Å². The Morgan fingerprint density at radius 3 is 2.67 bits per heavy atom. The van der Waals surface area contributed by atoms with Crippen molar-refractivity contribution in [1.82, 2.24) is 10.2 Å². The van der Waals surface area contributed by atoms with E-state index >= 15 is 0 Å². The molecule has 1 saturated heterocycles. The van der Waals surface area contributed by atoms with Crippen LogP contribution in [0.3, 0.4) is 0 Å². The van der Waals surface area contributed by atoms with E-state index in [1.165, 1.54) is 12.8 Å². The van der Waals surface area contributed by atoms with Gasteiger partial charge in [-0.2, -0.15) is 0 Å². The number of rotatable bonds is 6. The third-order valence-electron chi connectivity index (χ3n) is 4.66. The molecule has 1 heterocycles. The fraction of sp³-hybridized carbons (Fsp3) is 0.611. The monoisotopic (exact) mass is 372 g/mol. The first-order valence-electron chi connectivity index (χ1n) is 8.56. The largest absolute Gasteiger partial charge is 0.481 e. The average molecular weight is 373 g/mol. The van der Waals surface area contributed by atoms with Crippen molar-refractivity contribution in [2.75, 3.05) is 19.6 Å². The number of nitrogens with zero attached hydrogens (tertiary/aromatic N) is 1. The molecule has 2 aliphatic rings. The topological polar surface area (TPSA) is 41.6 Å². The molecule has 1 saturated carbocycles. The standard InChI is InChI=1S/C18H25ClN2O2.ClH/c1-13(23-17-4-2-3-15(19)11-17)18(22)21-9-7-16(8-10-21)20-12-14-5-6-14;/h2-4,11,13-14,16,20H,5-10,12H2,1H3;1H. The van der Waals surface area contributed by atoms with Crippen LogP contribution in [0.15, 0.2) is 24.3 Å². The number of carbonyl (C=O) groups excluding carboxylic acids is 1. The lowest BCUT2D eigenvalue weighted by Crippen LogP contribution is -2.48. The van der Waals surface area contributed by atoms with Crippen LogP contribution >= 0.6 is 24.0 Å². The number of amides is 1. The molecule has 1 aliphatic carbocycles. The van der Waals surface area contributed by atoms with Gasteiger partial charge in [-0.1, -0.05) is 17.7 Å². The molecule has 1 N–H and O–H groups in total. The van der Waals surface area contributed by atoms with Gasteiger partial charge in [-0.15, -0.1) is 12.4 Å². The number of hydrogen-bond acceptors (Lipinski definition) is 3. The summed E-state index contributed by atoms with van der Waals surface area (Å²) in [5, 5.41) is 4.25. The fourth-order valence-corrected chi connectivity index (χ4v) is 3.19. The molecular formula is C18H26Cl2N2O2. The Labute approximate surface area is 155 Å². The molecule has 24 heavy (non-hydrogen) atoms. The molecule has 1 aromatic carbocycles. The molecule has 6 heteroatoms. The van der Waals surface area contributed by atoms with Crippen LogP contribution in [0.2, 0.25) is 5.02 Å². The van der Waals surface area contributed by atoms with Gasteiger partial charge >= 0.3 is 0 Å². The van der Waals surface area contributed by atoms with Gasteiger partial charge in [0.1, 0.15) is 5.75 Å². The molecule has 1 aliphatic heterocycles. The van der Waals surface area contributed by atoms with Gasteiger partial charge in [-0.05, 0) is 63.3 Å². The summed E-state index contributed by atoms with van der Waals surface area (Å²) in [7, 11) is 0. The minimum atomic E-state index is -0.482. The van der Waals surface area contributed by atoms with Crippen molar-refractivity contribution in [3.8, 4) is 5.75 Å². The van der Waals surface area contributed by atoms with E-state index in [1.807, 2.05) is 17.0 Å². The quantitative estimate of drug-likeness (QED) is 0.830. The van der Waals surface area contributed by atoms with E-state index in [0.29, 0.717) is 16.8 Å². The smallest absolute Gasteiger partial charge is 0.263 e. The molecular weight excluding hydrogens is 347 g/mol. The zero-order valence-corrected chi connectivity index (χ0v) is 15.6. The molecule has 1 amide bonds. The molecule has 4 nitrogen and oxygen atoms in total. The predicted molar refractivity (Wildman–Crippen MR) is 99.1 cm³/mol. The number of benzene rings is 1. The van der Waals surface area contributed by atoms with Crippen LogP contribution in [0.5, 0.6) is 5.75 Å². The van der Waals surface area contributed by atoms with Crippen molar-refractivity contribution in [2.45, 2.75) is 44.8 Å². The molecule has 0 bridgehead atoms. The van der Waals surface area contributed by atoms with Crippen molar-refractivity contribution in [3.05, 3.63) is 29.3 Å². The summed E-state index contributed by atoms with van der Waals surface area (Å²) < 4.78 is 5.73. The number of likely N-dealkylation sites (tertiary alicyclic amines) is 1. The number of carbonyl (C=O) groups is 1. The van der Waals surface area contributed by atoms with Crippen molar-refractivity contribution in [2.24, 2.45) is 5.92 Å². The Bertz CT molecular complexity index is 544. The van der Waals surface area contributed by atoms with E-state index in [2.05, 4.69) is 5.32 Å². The summed E-state index contributed by atoms with van der Waals surface area (Å²) in [6, 6.07) is 7.73. The highest BCUT2D eigenvalue weighted by Gasteiger charge is 2.28. The van der Waals surface area contributed by atoms with Crippen LogP contribution < -0.4 is 10.1 Å². The van der Waals surface area contributed by atoms with Crippen molar-refractivity contribution < 1.29 is 9.53 Å². The van der Waals surface area contributed by atoms with Crippen molar-refractivity contribution in [1.29, 1.82) is 0 Å². The summed E-state index contributed by atoms with van der Waals surface area (Å²) in [5.41, 5.74) is 0. The van der Waals surface area contributed by atoms with Gasteiger partial charge in [0.25, 0.3) is 5.91 Å². The Morgan fingerprint density at radius 2 is 2.04 bits per heavy atom. The van der Waals surface area contributed by atoms with Gasteiger partial charge < -0.3 is 15.0 Å². The molecule has 134 valence electrons. The van der Waals surface area contributed by atoms with Gasteiger partial charge in [-0.25, -0.2) is 0 Å². The van der Waals surface area contributed by atoms with Crippen LogP contribution in [0, 0.1) is 5.92 Å². The molecule has 1 atom stereocenters. The highest BCUT2D eigenvalue weighted by Crippen LogP contribution is 2.28. The van der Waals surface area contributed by atoms with Gasteiger partial charge in [0.2, 0.25) is 0 Å². The minimum absolute atomic E-state index is 0. The van der Waals surface area contributed by atoms with E-state index in [-0.39, 0.29) is 18.3 Å². The first-order valence-corrected chi connectivity index (χ1v) is 8.94. The second-order valence-corrected chi connectivity index (χ2v) is 7.11. The van der Waals surface area contributed by atoms with E-state index in [9.17, 15) is 4.79 Å². The maximum atomic E-state index is 12.5. The van der Waals surface area contributed by atoms with Gasteiger partial charge in [0.15, 0.2) is 6.10 Å². The number of halogens is 2. The van der Waals surface area contributed by atoms with Crippen LogP contribution in [0.1, 0.15) is 32.6 Å². The lowest BCUT2D eigenvalue weighted by molar-refractivity contribution is -0.139. The Hall–Kier alpha value is -0.970. The van der Waals surface area contributed by atoms with E-state index in [4.69, 9.17) is 16.3 Å². The van der Waals surface area contributed by atoms with Gasteiger partial charge in [0, 0.05) is 24.2 Å². The van der Waals surface area contributed by atoms with Crippen LogP contribution in [0.25, 0.3) is 0 Å². The average Bonchev–Trinajstić information content (AvgIpc) is 3.37. The fourth-order valence-electron chi connectivity index (χ4n) is 3.01. The first-order chi connectivity index (χ1) is 11.1. The second kappa shape index (κ2) is 8.93. The van der Waals surface area contributed by atoms with E-state index in [0.717, 1.165) is 38.4 Å². The van der Waals surface area contributed by atoms with Gasteiger partial charge in [0.05, 0.1) is 0 Å². The third kappa shape index (κ3) is 5.54. The maximum absolute atomic E-state index is 12.5. The predicted octanol–water partition coefficient (Wildman–Crippen LogP) is 3.52. The number of ether oxygens (including phenoxy) is 1. The highest BCUT2D eigenvalue weighted by molar-refractivity contribution is 6.30. The third-order valence-corrected chi connectivity index (χ3v) is 4.89. The van der Waals surface area contributed by atoms with Crippen molar-refractivity contribution >= 4 is 29.9 Å². The SMILES string of the molecule is CC(Oc1cccc(Cl)c1)C(=O)N1CCC(NCC2CC2)CC1.Cl. The normalized spacial score (nSPS) is 19.5. The minimum Gasteiger partial charge on any atom is -0.481 e. The summed E-state index contributed by atoms with van der Waals surface area (Å²) in [4.78, 5) is 14.4. The zero-order valence-electron chi connectivity index (χ0n) is 14.0. The summed E-state index contributed by atoms with van der Waals surface area (Å²) in [5.74, 6) is 1.60. The zero-order chi connectivity index (χ0) is 16.2. The second-order valence-electron chi connectivity index (χ2n) is 6.67. The molecule has 0 radical (unpaired) electrons. The van der Waals surface area contributed by atoms with Crippen LogP contribution in [0.4, 0.5) is 0 Å². The molecule has 2 fully saturated rings. The Morgan fingerprint density at radius 1 is 1.33 bits per heavy atom. The van der Waals surface area contributed by atoms with E-state index < -0.39 is 6.10 Å².